The van der Waals surface area contributed by atoms with Crippen LogP contribution in [0.15, 0.2) is 49.1 Å². The molecule has 1 aliphatic carbocycles. The fourth-order valence-electron chi connectivity index (χ4n) is 6.24. The number of amides is 4. The molecular formula is C43H58N6O10S. The molecule has 0 bridgehead atoms. The highest BCUT2D eigenvalue weighted by atomic mass is 32.2. The van der Waals surface area contributed by atoms with Crippen molar-refractivity contribution in [2.45, 2.75) is 104 Å². The zero-order valence-electron chi connectivity index (χ0n) is 35.8. The number of carbonyl (C=O) groups is 4. The number of hydrogen-bond acceptors (Lipinski definition) is 12. The SMILES string of the molecule is C=CCC(NC(=O)C1CCCN1C(=O)CNC(=O)OCC(C)(C)COc1cccc(-c2nc3cc4c(cc3nc2OC)OC(C)(C)O4)c1)C(=O)NS(=O)C1CC1.CC(C)C. The van der Waals surface area contributed by atoms with E-state index in [2.05, 4.69) is 47.7 Å². The number of carbonyl (C=O) groups excluding carboxylic acids is 4. The van der Waals surface area contributed by atoms with E-state index in [1.807, 2.05) is 45.9 Å². The van der Waals surface area contributed by atoms with Gasteiger partial charge in [0.05, 0.1) is 30.0 Å². The lowest BCUT2D eigenvalue weighted by Gasteiger charge is -2.26. The van der Waals surface area contributed by atoms with Crippen LogP contribution in [0.2, 0.25) is 0 Å². The van der Waals surface area contributed by atoms with Crippen LogP contribution < -0.4 is 34.3 Å². The maximum Gasteiger partial charge on any atom is 0.407 e. The Morgan fingerprint density at radius 2 is 1.70 bits per heavy atom. The Morgan fingerprint density at radius 1 is 1.03 bits per heavy atom. The smallest absolute Gasteiger partial charge is 0.407 e. The zero-order chi connectivity index (χ0) is 43.8. The molecule has 60 heavy (non-hydrogen) atoms. The number of nitrogens with zero attached hydrogens (tertiary/aromatic N) is 3. The summed E-state index contributed by atoms with van der Waals surface area (Å²) >= 11 is 0. The Kier molecular flexibility index (Phi) is 15.0. The Morgan fingerprint density at radius 3 is 2.33 bits per heavy atom. The maximum atomic E-state index is 13.2. The average Bonchev–Trinajstić information content (AvgIpc) is 3.85. The van der Waals surface area contributed by atoms with E-state index in [0.717, 1.165) is 18.8 Å². The first kappa shape index (κ1) is 45.6. The molecule has 3 aromatic rings. The summed E-state index contributed by atoms with van der Waals surface area (Å²) in [5.41, 5.74) is 1.81. The minimum atomic E-state index is -1.51. The summed E-state index contributed by atoms with van der Waals surface area (Å²) in [4.78, 5) is 62.5. The third-order valence-electron chi connectivity index (χ3n) is 9.26. The van der Waals surface area contributed by atoms with Gasteiger partial charge in [-0.15, -0.1) is 6.58 Å². The van der Waals surface area contributed by atoms with Gasteiger partial charge in [-0.25, -0.2) is 19.0 Å². The van der Waals surface area contributed by atoms with Crippen LogP contribution >= 0.6 is 0 Å². The highest BCUT2D eigenvalue weighted by molar-refractivity contribution is 7.84. The van der Waals surface area contributed by atoms with Crippen LogP contribution in [0.5, 0.6) is 23.1 Å². The minimum Gasteiger partial charge on any atom is -0.493 e. The molecule has 0 spiro atoms. The van der Waals surface area contributed by atoms with Crippen LogP contribution in [0.1, 0.15) is 80.6 Å². The van der Waals surface area contributed by atoms with Crippen molar-refractivity contribution < 1.29 is 47.1 Å². The molecule has 4 amide bonds. The second kappa shape index (κ2) is 19.7. The molecule has 1 saturated carbocycles. The Labute approximate surface area is 354 Å². The predicted molar refractivity (Wildman–Crippen MR) is 227 cm³/mol. The van der Waals surface area contributed by atoms with Gasteiger partial charge < -0.3 is 39.2 Å². The quantitative estimate of drug-likeness (QED) is 0.151. The number of aromatic nitrogens is 2. The fourth-order valence-corrected chi connectivity index (χ4v) is 7.31. The largest absolute Gasteiger partial charge is 0.493 e. The molecule has 3 unspecified atom stereocenters. The van der Waals surface area contributed by atoms with E-state index in [1.54, 1.807) is 18.2 Å². The first-order chi connectivity index (χ1) is 28.4. The van der Waals surface area contributed by atoms with E-state index in [1.165, 1.54) is 18.1 Å². The fraction of sp³-hybridized carbons (Fsp3) is 0.535. The van der Waals surface area contributed by atoms with Gasteiger partial charge in [-0.1, -0.05) is 52.8 Å². The molecule has 2 fully saturated rings. The van der Waals surface area contributed by atoms with E-state index in [9.17, 15) is 23.4 Å². The van der Waals surface area contributed by atoms with Crippen LogP contribution in [0.3, 0.4) is 0 Å². The van der Waals surface area contributed by atoms with Crippen LogP contribution in [0, 0.1) is 11.3 Å². The van der Waals surface area contributed by atoms with E-state index in [0.29, 0.717) is 64.8 Å². The predicted octanol–water partition coefficient (Wildman–Crippen LogP) is 5.60. The van der Waals surface area contributed by atoms with Crippen molar-refractivity contribution >= 4 is 45.8 Å². The highest BCUT2D eigenvalue weighted by Crippen LogP contribution is 2.42. The van der Waals surface area contributed by atoms with Gasteiger partial charge in [0, 0.05) is 43.5 Å². The molecule has 2 aliphatic heterocycles. The Hall–Kier alpha value is -5.45. The molecule has 3 aliphatic rings. The minimum absolute atomic E-state index is 0.0172. The molecule has 1 aromatic heterocycles. The lowest BCUT2D eigenvalue weighted by Crippen LogP contribution is -2.54. The lowest BCUT2D eigenvalue weighted by atomic mass is 9.96. The molecule has 3 N–H and O–H groups in total. The van der Waals surface area contributed by atoms with Crippen molar-refractivity contribution in [3.05, 3.63) is 49.1 Å². The lowest BCUT2D eigenvalue weighted by molar-refractivity contribution is -0.138. The topological polar surface area (TPSA) is 197 Å². The molecule has 6 rings (SSSR count). The van der Waals surface area contributed by atoms with Gasteiger partial charge in [0.1, 0.15) is 47.7 Å². The molecule has 326 valence electrons. The summed E-state index contributed by atoms with van der Waals surface area (Å²) in [7, 11) is 0.0193. The van der Waals surface area contributed by atoms with Crippen molar-refractivity contribution in [2.75, 3.05) is 33.4 Å². The molecular weight excluding hydrogens is 793 g/mol. The second-order valence-corrected chi connectivity index (χ2v) is 18.4. The van der Waals surface area contributed by atoms with Crippen LogP contribution in [-0.2, 0) is 30.1 Å². The monoisotopic (exact) mass is 850 g/mol. The Balaban J connectivity index is 0.00000163. The first-order valence-electron chi connectivity index (χ1n) is 20.2. The van der Waals surface area contributed by atoms with Crippen molar-refractivity contribution in [1.29, 1.82) is 0 Å². The summed E-state index contributed by atoms with van der Waals surface area (Å²) in [6, 6.07) is 9.09. The average molecular weight is 851 g/mol. The molecule has 2 aromatic carbocycles. The van der Waals surface area contributed by atoms with Gasteiger partial charge in [-0.3, -0.25) is 19.1 Å². The van der Waals surface area contributed by atoms with Gasteiger partial charge in [-0.2, -0.15) is 0 Å². The summed E-state index contributed by atoms with van der Waals surface area (Å²) in [6.07, 6.45) is 3.35. The van der Waals surface area contributed by atoms with E-state index < -0.39 is 58.1 Å². The number of fused-ring (bicyclic) bond motifs is 2. The van der Waals surface area contributed by atoms with Crippen molar-refractivity contribution in [3.8, 4) is 34.4 Å². The van der Waals surface area contributed by atoms with Crippen molar-refractivity contribution in [1.82, 2.24) is 30.2 Å². The third kappa shape index (κ3) is 12.5. The number of nitrogens with one attached hydrogen (secondary N) is 3. The molecule has 17 heteroatoms. The molecule has 3 heterocycles. The van der Waals surface area contributed by atoms with E-state index in [-0.39, 0.29) is 31.4 Å². The summed E-state index contributed by atoms with van der Waals surface area (Å²) in [6.45, 7) is 17.6. The highest BCUT2D eigenvalue weighted by Gasteiger charge is 2.37. The summed E-state index contributed by atoms with van der Waals surface area (Å²) < 4.78 is 43.5. The van der Waals surface area contributed by atoms with E-state index in [4.69, 9.17) is 28.7 Å². The number of methoxy groups -OCH3 is 1. The number of likely N-dealkylation sites (tertiary alicyclic amines) is 1. The maximum absolute atomic E-state index is 13.2. The Bertz CT molecular complexity index is 2090. The first-order valence-corrected chi connectivity index (χ1v) is 21.4. The summed E-state index contributed by atoms with van der Waals surface area (Å²) in [5.74, 6) is 0.540. The normalized spacial score (nSPS) is 17.5. The second-order valence-electron chi connectivity index (χ2n) is 16.9. The molecule has 1 saturated heterocycles. The van der Waals surface area contributed by atoms with Crippen LogP contribution in [-0.4, -0.2) is 99.4 Å². The third-order valence-corrected chi connectivity index (χ3v) is 10.7. The number of ether oxygens (including phenoxy) is 5. The van der Waals surface area contributed by atoms with Crippen LogP contribution in [0.25, 0.3) is 22.3 Å². The molecule has 16 nitrogen and oxygen atoms in total. The standard InChI is InChI=1S/C39H48N6O10S.C4H10/c1-7-10-26(34(47)44-56(50)25-14-15-25)42-35(48)29-13-9-16-45(29)32(46)20-40-37(49)53-22-38(2,3)21-52-24-12-8-11-23(17-24)33-36(51-6)43-28-19-31-30(18-27(28)41-33)54-39(4,5)55-31;1-4(2)3/h7-8,11-12,17-19,25-26,29H,1,9-10,13-16,20-22H2,2-6H3,(H,40,49)(H,42,48)(H,44,47);4H,1-3H3. The number of rotatable bonds is 16. The summed E-state index contributed by atoms with van der Waals surface area (Å²) in [5, 5.41) is 5.09. The van der Waals surface area contributed by atoms with Crippen LogP contribution in [0.4, 0.5) is 4.79 Å². The number of alkyl carbamates (subject to hydrolysis) is 1. The van der Waals surface area contributed by atoms with Crippen molar-refractivity contribution in [2.24, 2.45) is 11.3 Å². The van der Waals surface area contributed by atoms with Gasteiger partial charge >= 0.3 is 6.09 Å². The van der Waals surface area contributed by atoms with Gasteiger partial charge in [-0.05, 0) is 50.2 Å². The van der Waals surface area contributed by atoms with E-state index >= 15 is 0 Å². The van der Waals surface area contributed by atoms with Gasteiger partial charge in [0.2, 0.25) is 23.5 Å². The van der Waals surface area contributed by atoms with Gasteiger partial charge in [0.15, 0.2) is 11.5 Å². The zero-order valence-corrected chi connectivity index (χ0v) is 36.6. The number of benzene rings is 2. The molecule has 3 atom stereocenters. The van der Waals surface area contributed by atoms with Crippen molar-refractivity contribution in [3.63, 3.8) is 0 Å². The van der Waals surface area contributed by atoms with Gasteiger partial charge in [0.25, 0.3) is 5.91 Å². The number of hydrogen-bond donors (Lipinski definition) is 3. The molecule has 0 radical (unpaired) electrons.